The number of hydrogen-bond acceptors (Lipinski definition) is 4. The van der Waals surface area contributed by atoms with E-state index in [1.54, 1.807) is 0 Å². The molecule has 1 aliphatic carbocycles. The summed E-state index contributed by atoms with van der Waals surface area (Å²) in [6.45, 7) is 0. The number of nitrogens with zero attached hydrogens (tertiary/aromatic N) is 4. The zero-order chi connectivity index (χ0) is 18.8. The molecule has 4 aromatic rings. The summed E-state index contributed by atoms with van der Waals surface area (Å²) in [5, 5.41) is 0. The molecule has 4 aromatic heterocycles. The van der Waals surface area contributed by atoms with Crippen LogP contribution in [0.5, 0.6) is 0 Å². The third-order valence-corrected chi connectivity index (χ3v) is 5.91. The van der Waals surface area contributed by atoms with Crippen molar-refractivity contribution >= 4 is 0 Å². The Morgan fingerprint density at radius 2 is 0.500 bits per heavy atom. The Morgan fingerprint density at radius 1 is 0.321 bits per heavy atom. The van der Waals surface area contributed by atoms with E-state index in [-0.39, 0.29) is 0 Å². The van der Waals surface area contributed by atoms with E-state index in [4.69, 9.17) is 0 Å². The monoisotopic (exact) mass is 364 g/mol. The molecule has 0 bridgehead atoms. The number of hydrogen-bond donors (Lipinski definition) is 0. The van der Waals surface area contributed by atoms with Crippen molar-refractivity contribution in [1.29, 1.82) is 0 Å². The van der Waals surface area contributed by atoms with E-state index in [2.05, 4.69) is 68.5 Å². The zero-order valence-corrected chi connectivity index (χ0v) is 15.3. The molecular formula is C24H20N4. The Hall–Kier alpha value is -3.40. The van der Waals surface area contributed by atoms with E-state index in [0.29, 0.717) is 23.7 Å². The van der Waals surface area contributed by atoms with Gasteiger partial charge >= 0.3 is 0 Å². The predicted molar refractivity (Wildman–Crippen MR) is 108 cm³/mol. The Kier molecular flexibility index (Phi) is 4.37. The lowest BCUT2D eigenvalue weighted by Gasteiger charge is -2.53. The summed E-state index contributed by atoms with van der Waals surface area (Å²) < 4.78 is 0. The van der Waals surface area contributed by atoms with E-state index in [9.17, 15) is 0 Å². The maximum atomic E-state index is 4.23. The molecule has 1 saturated carbocycles. The topological polar surface area (TPSA) is 51.6 Å². The van der Waals surface area contributed by atoms with Gasteiger partial charge in [0.05, 0.1) is 0 Å². The Labute approximate surface area is 164 Å². The van der Waals surface area contributed by atoms with Gasteiger partial charge in [-0.25, -0.2) is 0 Å². The fourth-order valence-electron chi connectivity index (χ4n) is 4.75. The van der Waals surface area contributed by atoms with E-state index < -0.39 is 0 Å². The quantitative estimate of drug-likeness (QED) is 0.526. The van der Waals surface area contributed by atoms with Crippen LogP contribution in [-0.2, 0) is 0 Å². The van der Waals surface area contributed by atoms with Gasteiger partial charge in [-0.15, -0.1) is 0 Å². The second-order valence-electron chi connectivity index (χ2n) is 7.23. The molecule has 0 aliphatic heterocycles. The van der Waals surface area contributed by atoms with Crippen LogP contribution in [0.4, 0.5) is 0 Å². The molecule has 0 aromatic carbocycles. The van der Waals surface area contributed by atoms with Crippen LogP contribution in [0.1, 0.15) is 45.9 Å². The standard InChI is InChI=1S/C24H20N4/c1-9-25-10-2-17(1)21-22(18-3-11-26-12-4-18)24(20-7-15-28-16-8-20)23(21)19-5-13-27-14-6-19/h1-16,21-24H. The highest BCUT2D eigenvalue weighted by Crippen LogP contribution is 2.66. The molecule has 0 spiro atoms. The lowest BCUT2D eigenvalue weighted by molar-refractivity contribution is 0.228. The van der Waals surface area contributed by atoms with E-state index in [1.165, 1.54) is 22.3 Å². The average molecular weight is 364 g/mol. The van der Waals surface area contributed by atoms with Crippen molar-refractivity contribution in [2.45, 2.75) is 23.7 Å². The second kappa shape index (κ2) is 7.31. The number of rotatable bonds is 4. The van der Waals surface area contributed by atoms with Crippen LogP contribution in [0.15, 0.2) is 98.1 Å². The van der Waals surface area contributed by atoms with Gasteiger partial charge in [-0.1, -0.05) is 0 Å². The maximum Gasteiger partial charge on any atom is 0.0270 e. The molecule has 136 valence electrons. The molecule has 0 amide bonds. The molecule has 4 heteroatoms. The summed E-state index contributed by atoms with van der Waals surface area (Å²) in [7, 11) is 0. The lowest BCUT2D eigenvalue weighted by Crippen LogP contribution is -2.40. The van der Waals surface area contributed by atoms with Crippen LogP contribution < -0.4 is 0 Å². The van der Waals surface area contributed by atoms with Gasteiger partial charge in [0.1, 0.15) is 0 Å². The third kappa shape index (κ3) is 2.87. The van der Waals surface area contributed by atoms with E-state index >= 15 is 0 Å². The van der Waals surface area contributed by atoms with Crippen molar-refractivity contribution < 1.29 is 0 Å². The Morgan fingerprint density at radius 3 is 0.679 bits per heavy atom. The van der Waals surface area contributed by atoms with Crippen molar-refractivity contribution in [3.63, 3.8) is 0 Å². The van der Waals surface area contributed by atoms with Crippen LogP contribution in [0, 0.1) is 0 Å². The number of aromatic nitrogens is 4. The summed E-state index contributed by atoms with van der Waals surface area (Å²) in [4.78, 5) is 16.9. The molecule has 0 saturated heterocycles. The first kappa shape index (κ1) is 16.8. The first-order chi connectivity index (χ1) is 13.9. The average Bonchev–Trinajstić information content (AvgIpc) is 2.76. The highest BCUT2D eigenvalue weighted by atomic mass is 14.7. The normalized spacial score (nSPS) is 23.7. The van der Waals surface area contributed by atoms with Crippen molar-refractivity contribution in [2.75, 3.05) is 0 Å². The molecule has 1 aliphatic rings. The summed E-state index contributed by atoms with van der Waals surface area (Å²) in [6, 6.07) is 17.2. The van der Waals surface area contributed by atoms with Crippen LogP contribution in [0.2, 0.25) is 0 Å². The minimum absolute atomic E-state index is 0.367. The van der Waals surface area contributed by atoms with Gasteiger partial charge < -0.3 is 0 Å². The maximum absolute atomic E-state index is 4.23. The predicted octanol–water partition coefficient (Wildman–Crippen LogP) is 4.72. The molecule has 0 radical (unpaired) electrons. The molecular weight excluding hydrogens is 344 g/mol. The second-order valence-corrected chi connectivity index (χ2v) is 7.23. The largest absolute Gasteiger partial charge is 0.265 e. The fraction of sp³-hybridized carbons (Fsp3) is 0.167. The first-order valence-electron chi connectivity index (χ1n) is 9.53. The van der Waals surface area contributed by atoms with Crippen LogP contribution in [0.3, 0.4) is 0 Å². The zero-order valence-electron chi connectivity index (χ0n) is 15.3. The van der Waals surface area contributed by atoms with Gasteiger partial charge in [0.25, 0.3) is 0 Å². The molecule has 0 N–H and O–H groups in total. The van der Waals surface area contributed by atoms with Gasteiger partial charge in [0, 0.05) is 49.6 Å². The van der Waals surface area contributed by atoms with E-state index in [0.717, 1.165) is 0 Å². The van der Waals surface area contributed by atoms with Gasteiger partial charge in [-0.2, -0.15) is 0 Å². The van der Waals surface area contributed by atoms with E-state index in [1.807, 2.05) is 49.6 Å². The molecule has 0 atom stereocenters. The van der Waals surface area contributed by atoms with Crippen LogP contribution in [0.25, 0.3) is 0 Å². The number of pyridine rings is 4. The third-order valence-electron chi connectivity index (χ3n) is 5.91. The highest BCUT2D eigenvalue weighted by molar-refractivity contribution is 5.46. The van der Waals surface area contributed by atoms with Gasteiger partial charge in [0.2, 0.25) is 0 Å². The minimum Gasteiger partial charge on any atom is -0.265 e. The van der Waals surface area contributed by atoms with Crippen molar-refractivity contribution in [3.8, 4) is 0 Å². The Balaban J connectivity index is 1.67. The first-order valence-corrected chi connectivity index (χ1v) is 9.53. The Bertz CT molecular complexity index is 841. The fourth-order valence-corrected chi connectivity index (χ4v) is 4.75. The molecule has 28 heavy (non-hydrogen) atoms. The molecule has 1 fully saturated rings. The minimum atomic E-state index is 0.367. The smallest absolute Gasteiger partial charge is 0.0270 e. The summed E-state index contributed by atoms with van der Waals surface area (Å²) in [6.07, 6.45) is 15.1. The SMILES string of the molecule is c1cc(C2C(c3ccncc3)C(c3ccncc3)C2c2ccncc2)ccn1. The molecule has 5 rings (SSSR count). The van der Waals surface area contributed by atoms with Gasteiger partial charge in [-0.05, 0) is 94.5 Å². The van der Waals surface area contributed by atoms with Crippen LogP contribution in [-0.4, -0.2) is 19.9 Å². The lowest BCUT2D eigenvalue weighted by atomic mass is 9.49. The van der Waals surface area contributed by atoms with Crippen molar-refractivity contribution in [2.24, 2.45) is 0 Å². The van der Waals surface area contributed by atoms with Crippen molar-refractivity contribution in [3.05, 3.63) is 120 Å². The van der Waals surface area contributed by atoms with Gasteiger partial charge in [0.15, 0.2) is 0 Å². The molecule has 4 nitrogen and oxygen atoms in total. The van der Waals surface area contributed by atoms with Crippen molar-refractivity contribution in [1.82, 2.24) is 19.9 Å². The summed E-state index contributed by atoms with van der Waals surface area (Å²) in [5.41, 5.74) is 5.29. The summed E-state index contributed by atoms with van der Waals surface area (Å²) >= 11 is 0. The van der Waals surface area contributed by atoms with Crippen LogP contribution >= 0.6 is 0 Å². The molecule has 4 heterocycles. The highest BCUT2D eigenvalue weighted by Gasteiger charge is 2.52. The molecule has 0 unspecified atom stereocenters. The van der Waals surface area contributed by atoms with Gasteiger partial charge in [-0.3, -0.25) is 19.9 Å². The summed E-state index contributed by atoms with van der Waals surface area (Å²) in [5.74, 6) is 1.47.